The minimum atomic E-state index is 0.503. The Labute approximate surface area is 76.0 Å². The fourth-order valence-electron chi connectivity index (χ4n) is 0.842. The molecule has 0 radical (unpaired) electrons. The molecule has 0 aliphatic rings. The second kappa shape index (κ2) is 5.89. The van der Waals surface area contributed by atoms with Gasteiger partial charge in [-0.3, -0.25) is 0 Å². The molecule has 1 atom stereocenters. The minimum absolute atomic E-state index is 0.503. The van der Waals surface area contributed by atoms with Crippen LogP contribution in [-0.2, 0) is 4.79 Å². The number of halogens is 1. The summed E-state index contributed by atoms with van der Waals surface area (Å²) in [6, 6.07) is 0. The van der Waals surface area contributed by atoms with Crippen LogP contribution in [-0.4, -0.2) is 6.29 Å². The molecule has 0 aromatic rings. The van der Waals surface area contributed by atoms with Crippen molar-refractivity contribution in [2.24, 2.45) is 5.92 Å². The fourth-order valence-corrected chi connectivity index (χ4v) is 1.10. The van der Waals surface area contributed by atoms with Gasteiger partial charge in [0.25, 0.3) is 0 Å². The Balaban J connectivity index is 3.56. The number of hydrogen-bond acceptors (Lipinski definition) is 1. The SMILES string of the molecule is C/C(=C\I)C[C@H](C)CC=O. The molecule has 0 amide bonds. The first-order valence-corrected chi connectivity index (χ1v) is 4.64. The molecule has 0 aromatic heterocycles. The Bertz CT molecular complexity index is 129. The zero-order valence-corrected chi connectivity index (χ0v) is 8.59. The largest absolute Gasteiger partial charge is 0.303 e. The maximum Gasteiger partial charge on any atom is 0.120 e. The van der Waals surface area contributed by atoms with Gasteiger partial charge in [0, 0.05) is 6.42 Å². The maximum absolute atomic E-state index is 10.1. The van der Waals surface area contributed by atoms with E-state index < -0.39 is 0 Å². The van der Waals surface area contributed by atoms with Gasteiger partial charge in [0.1, 0.15) is 6.29 Å². The van der Waals surface area contributed by atoms with Crippen LogP contribution in [0.25, 0.3) is 0 Å². The first-order chi connectivity index (χ1) is 4.70. The molecule has 0 spiro atoms. The summed E-state index contributed by atoms with van der Waals surface area (Å²) >= 11 is 2.22. The molecule has 10 heavy (non-hydrogen) atoms. The molecule has 0 saturated heterocycles. The van der Waals surface area contributed by atoms with Crippen molar-refractivity contribution in [3.05, 3.63) is 9.66 Å². The third-order valence-electron chi connectivity index (χ3n) is 1.36. The molecule has 0 saturated carbocycles. The molecule has 0 bridgehead atoms. The molecule has 0 N–H and O–H groups in total. The van der Waals surface area contributed by atoms with Gasteiger partial charge in [-0.05, 0) is 23.3 Å². The van der Waals surface area contributed by atoms with Gasteiger partial charge in [-0.2, -0.15) is 0 Å². The van der Waals surface area contributed by atoms with Gasteiger partial charge in [0.15, 0.2) is 0 Å². The molecule has 0 unspecified atom stereocenters. The van der Waals surface area contributed by atoms with Crippen LogP contribution in [0.3, 0.4) is 0 Å². The molecule has 1 nitrogen and oxygen atoms in total. The lowest BCUT2D eigenvalue weighted by atomic mass is 10.0. The summed E-state index contributed by atoms with van der Waals surface area (Å²) in [5.74, 6) is 0.503. The normalized spacial score (nSPS) is 14.9. The molecular weight excluding hydrogens is 239 g/mol. The lowest BCUT2D eigenvalue weighted by Gasteiger charge is -2.05. The first-order valence-electron chi connectivity index (χ1n) is 3.40. The van der Waals surface area contributed by atoms with Crippen LogP contribution in [0.4, 0.5) is 0 Å². The molecular formula is C8H13IO. The van der Waals surface area contributed by atoms with Crippen molar-refractivity contribution in [1.82, 2.24) is 0 Å². The molecule has 0 aromatic carbocycles. The van der Waals surface area contributed by atoms with Gasteiger partial charge >= 0.3 is 0 Å². The van der Waals surface area contributed by atoms with Crippen LogP contribution in [0.1, 0.15) is 26.7 Å². The second-order valence-corrected chi connectivity index (χ2v) is 3.29. The van der Waals surface area contributed by atoms with Crippen molar-refractivity contribution in [3.8, 4) is 0 Å². The van der Waals surface area contributed by atoms with E-state index in [0.29, 0.717) is 12.3 Å². The topological polar surface area (TPSA) is 17.1 Å². The van der Waals surface area contributed by atoms with Crippen molar-refractivity contribution >= 4 is 28.9 Å². The average molecular weight is 252 g/mol. The number of rotatable bonds is 4. The van der Waals surface area contributed by atoms with E-state index >= 15 is 0 Å². The van der Waals surface area contributed by atoms with Gasteiger partial charge in [0.2, 0.25) is 0 Å². The van der Waals surface area contributed by atoms with Gasteiger partial charge in [-0.25, -0.2) is 0 Å². The molecule has 0 fully saturated rings. The molecule has 2 heteroatoms. The Hall–Kier alpha value is 0.140. The quantitative estimate of drug-likeness (QED) is 0.555. The summed E-state index contributed by atoms with van der Waals surface area (Å²) < 4.78 is 2.07. The summed E-state index contributed by atoms with van der Waals surface area (Å²) in [6.07, 6.45) is 2.72. The lowest BCUT2D eigenvalue weighted by Crippen LogP contribution is -1.95. The summed E-state index contributed by atoms with van der Waals surface area (Å²) in [6.45, 7) is 4.19. The van der Waals surface area contributed by atoms with E-state index in [1.807, 2.05) is 0 Å². The lowest BCUT2D eigenvalue weighted by molar-refractivity contribution is -0.108. The van der Waals surface area contributed by atoms with E-state index in [0.717, 1.165) is 12.7 Å². The van der Waals surface area contributed by atoms with Crippen molar-refractivity contribution in [2.75, 3.05) is 0 Å². The number of carbonyl (C=O) groups excluding carboxylic acids is 1. The minimum Gasteiger partial charge on any atom is -0.303 e. The first kappa shape index (κ1) is 10.1. The highest BCUT2D eigenvalue weighted by Gasteiger charge is 2.00. The fraction of sp³-hybridized carbons (Fsp3) is 0.625. The summed E-state index contributed by atoms with van der Waals surface area (Å²) in [7, 11) is 0. The van der Waals surface area contributed by atoms with Crippen molar-refractivity contribution < 1.29 is 4.79 Å². The second-order valence-electron chi connectivity index (χ2n) is 2.67. The summed E-state index contributed by atoms with van der Waals surface area (Å²) in [5.41, 5.74) is 1.36. The van der Waals surface area contributed by atoms with E-state index in [9.17, 15) is 4.79 Å². The zero-order chi connectivity index (χ0) is 7.98. The predicted molar refractivity (Wildman–Crippen MR) is 52.2 cm³/mol. The van der Waals surface area contributed by atoms with Crippen LogP contribution in [0, 0.1) is 5.92 Å². The average Bonchev–Trinajstić information content (AvgIpc) is 1.88. The highest BCUT2D eigenvalue weighted by atomic mass is 127. The highest BCUT2D eigenvalue weighted by molar-refractivity contribution is 14.1. The van der Waals surface area contributed by atoms with Crippen LogP contribution >= 0.6 is 22.6 Å². The van der Waals surface area contributed by atoms with E-state index in [-0.39, 0.29) is 0 Å². The Kier molecular flexibility index (Phi) is 5.97. The van der Waals surface area contributed by atoms with Crippen LogP contribution in [0.5, 0.6) is 0 Å². The van der Waals surface area contributed by atoms with Crippen molar-refractivity contribution in [3.63, 3.8) is 0 Å². The highest BCUT2D eigenvalue weighted by Crippen LogP contribution is 2.14. The van der Waals surface area contributed by atoms with E-state index in [2.05, 4.69) is 40.5 Å². The number of aldehydes is 1. The summed E-state index contributed by atoms with van der Waals surface area (Å²) in [5, 5.41) is 0. The van der Waals surface area contributed by atoms with E-state index in [4.69, 9.17) is 0 Å². The van der Waals surface area contributed by atoms with Crippen LogP contribution in [0.2, 0.25) is 0 Å². The van der Waals surface area contributed by atoms with Gasteiger partial charge in [0.05, 0.1) is 0 Å². The van der Waals surface area contributed by atoms with Gasteiger partial charge in [-0.15, -0.1) is 0 Å². The monoisotopic (exact) mass is 252 g/mol. The third kappa shape index (κ3) is 4.97. The predicted octanol–water partition coefficient (Wildman–Crippen LogP) is 2.94. The van der Waals surface area contributed by atoms with Crippen molar-refractivity contribution in [1.29, 1.82) is 0 Å². The number of allylic oxidation sites excluding steroid dienone is 1. The number of carbonyl (C=O) groups is 1. The van der Waals surface area contributed by atoms with Crippen LogP contribution < -0.4 is 0 Å². The molecule has 0 aliphatic carbocycles. The maximum atomic E-state index is 10.1. The molecule has 0 rings (SSSR count). The molecule has 58 valence electrons. The molecule has 0 heterocycles. The Morgan fingerprint density at radius 1 is 1.70 bits per heavy atom. The molecule has 0 aliphatic heterocycles. The number of hydrogen-bond donors (Lipinski definition) is 0. The Morgan fingerprint density at radius 3 is 2.70 bits per heavy atom. The summed E-state index contributed by atoms with van der Waals surface area (Å²) in [4.78, 5) is 10.1. The zero-order valence-electron chi connectivity index (χ0n) is 6.43. The van der Waals surface area contributed by atoms with E-state index in [1.54, 1.807) is 0 Å². The van der Waals surface area contributed by atoms with Crippen molar-refractivity contribution in [2.45, 2.75) is 26.7 Å². The van der Waals surface area contributed by atoms with Gasteiger partial charge in [-0.1, -0.05) is 35.1 Å². The Morgan fingerprint density at radius 2 is 2.30 bits per heavy atom. The standard InChI is InChI=1S/C8H13IO/c1-7(3-4-10)5-8(2)6-9/h4,6-7H,3,5H2,1-2H3/b8-6+/t7-/m1/s1. The van der Waals surface area contributed by atoms with Gasteiger partial charge < -0.3 is 4.79 Å². The van der Waals surface area contributed by atoms with E-state index in [1.165, 1.54) is 5.57 Å². The third-order valence-corrected chi connectivity index (χ3v) is 2.42. The smallest absolute Gasteiger partial charge is 0.120 e. The van der Waals surface area contributed by atoms with Crippen LogP contribution in [0.15, 0.2) is 9.66 Å².